The Balaban J connectivity index is 1.60. The van der Waals surface area contributed by atoms with E-state index in [9.17, 15) is 14.4 Å². The van der Waals surface area contributed by atoms with E-state index in [0.29, 0.717) is 24.1 Å². The highest BCUT2D eigenvalue weighted by Gasteiger charge is 2.21. The van der Waals surface area contributed by atoms with Crippen molar-refractivity contribution in [3.63, 3.8) is 0 Å². The average Bonchev–Trinajstić information content (AvgIpc) is 2.73. The second-order valence-corrected chi connectivity index (χ2v) is 7.23. The summed E-state index contributed by atoms with van der Waals surface area (Å²) in [5, 5.41) is 3.83. The monoisotopic (exact) mass is 416 g/mol. The van der Waals surface area contributed by atoms with Gasteiger partial charge in [-0.05, 0) is 54.3 Å². The van der Waals surface area contributed by atoms with Crippen LogP contribution in [-0.4, -0.2) is 22.8 Å². The lowest BCUT2D eigenvalue weighted by molar-refractivity contribution is -0.134. The summed E-state index contributed by atoms with van der Waals surface area (Å²) in [5.41, 5.74) is 3.69. The molecule has 7 heteroatoms. The molecule has 1 N–H and O–H groups in total. The standard InChI is InChI=1S/C24H20N2O5/c1-14(27)30-22-11-16-7-8-18(9-19(16)12-23(22)31-15(2)28)24(29)26-20-10-17-5-3-4-6-21(17)25-13-20/h3-6,9-13H,7-8H2,1-2H3,(H,26,29). The number of aromatic nitrogens is 1. The van der Waals surface area contributed by atoms with Crippen molar-refractivity contribution >= 4 is 40.5 Å². The summed E-state index contributed by atoms with van der Waals surface area (Å²) in [5.74, 6) is -0.942. The first kappa shape index (κ1) is 20.3. The Bertz CT molecular complexity index is 1250. The SMILES string of the molecule is CC(=O)Oc1cc2c(cc1OC(C)=O)CCC(C(=O)Nc1cnc3ccccc3c1)=C2. The Kier molecular flexibility index (Phi) is 5.49. The summed E-state index contributed by atoms with van der Waals surface area (Å²) in [4.78, 5) is 40.0. The maximum absolute atomic E-state index is 12.8. The van der Waals surface area contributed by atoms with Gasteiger partial charge >= 0.3 is 11.9 Å². The fourth-order valence-electron chi connectivity index (χ4n) is 3.50. The summed E-state index contributed by atoms with van der Waals surface area (Å²) >= 11 is 0. The molecule has 3 aromatic rings. The minimum atomic E-state index is -0.532. The van der Waals surface area contributed by atoms with E-state index >= 15 is 0 Å². The van der Waals surface area contributed by atoms with Gasteiger partial charge in [0.2, 0.25) is 0 Å². The Morgan fingerprint density at radius 1 is 0.935 bits per heavy atom. The molecule has 1 heterocycles. The van der Waals surface area contributed by atoms with Crippen molar-refractivity contribution in [2.24, 2.45) is 0 Å². The molecule has 7 nitrogen and oxygen atoms in total. The molecule has 1 amide bonds. The lowest BCUT2D eigenvalue weighted by Crippen LogP contribution is -2.17. The van der Waals surface area contributed by atoms with Gasteiger partial charge in [0.15, 0.2) is 11.5 Å². The first-order valence-electron chi connectivity index (χ1n) is 9.79. The molecule has 0 spiro atoms. The van der Waals surface area contributed by atoms with E-state index in [4.69, 9.17) is 9.47 Å². The maximum Gasteiger partial charge on any atom is 0.308 e. The number of benzene rings is 2. The number of amides is 1. The van der Waals surface area contributed by atoms with Gasteiger partial charge in [-0.25, -0.2) is 0 Å². The first-order chi connectivity index (χ1) is 14.9. The van der Waals surface area contributed by atoms with Crippen LogP contribution in [0, 0.1) is 0 Å². The molecule has 0 unspecified atom stereocenters. The first-order valence-corrected chi connectivity index (χ1v) is 9.79. The summed E-state index contributed by atoms with van der Waals surface area (Å²) < 4.78 is 10.4. The Morgan fingerprint density at radius 2 is 1.65 bits per heavy atom. The van der Waals surface area contributed by atoms with E-state index < -0.39 is 11.9 Å². The van der Waals surface area contributed by atoms with Crippen LogP contribution in [0.3, 0.4) is 0 Å². The molecule has 0 saturated heterocycles. The minimum absolute atomic E-state index is 0.137. The normalized spacial score (nSPS) is 12.5. The molecule has 1 aromatic heterocycles. The molecule has 1 aliphatic rings. The lowest BCUT2D eigenvalue weighted by atomic mass is 9.91. The number of carbonyl (C=O) groups excluding carboxylic acids is 3. The highest BCUT2D eigenvalue weighted by atomic mass is 16.6. The predicted molar refractivity (Wildman–Crippen MR) is 116 cm³/mol. The number of anilines is 1. The van der Waals surface area contributed by atoms with Crippen LogP contribution in [0.2, 0.25) is 0 Å². The quantitative estimate of drug-likeness (QED) is 0.509. The summed E-state index contributed by atoms with van der Waals surface area (Å²) in [7, 11) is 0. The van der Waals surface area contributed by atoms with Crippen LogP contribution >= 0.6 is 0 Å². The van der Waals surface area contributed by atoms with Gasteiger partial charge in [-0.15, -0.1) is 0 Å². The summed E-state index contributed by atoms with van der Waals surface area (Å²) in [6.45, 7) is 2.55. The van der Waals surface area contributed by atoms with Crippen molar-refractivity contribution < 1.29 is 23.9 Å². The highest BCUT2D eigenvalue weighted by Crippen LogP contribution is 2.36. The van der Waals surface area contributed by atoms with Crippen LogP contribution in [0.25, 0.3) is 17.0 Å². The lowest BCUT2D eigenvalue weighted by Gasteiger charge is -2.19. The molecule has 2 aromatic carbocycles. The van der Waals surface area contributed by atoms with Crippen molar-refractivity contribution in [2.75, 3.05) is 5.32 Å². The second-order valence-electron chi connectivity index (χ2n) is 7.23. The molecular formula is C24H20N2O5. The van der Waals surface area contributed by atoms with Crippen molar-refractivity contribution in [3.8, 4) is 11.5 Å². The smallest absolute Gasteiger partial charge is 0.308 e. The van der Waals surface area contributed by atoms with Crippen LogP contribution in [0.5, 0.6) is 11.5 Å². The third-order valence-electron chi connectivity index (χ3n) is 4.85. The zero-order chi connectivity index (χ0) is 22.0. The number of esters is 2. The number of ether oxygens (including phenoxy) is 2. The summed E-state index contributed by atoms with van der Waals surface area (Å²) in [6.07, 6.45) is 4.49. The van der Waals surface area contributed by atoms with Gasteiger partial charge in [0.05, 0.1) is 17.4 Å². The van der Waals surface area contributed by atoms with Gasteiger partial charge in [-0.3, -0.25) is 19.4 Å². The molecule has 156 valence electrons. The van der Waals surface area contributed by atoms with Gasteiger partial charge < -0.3 is 14.8 Å². The van der Waals surface area contributed by atoms with E-state index in [1.165, 1.54) is 13.8 Å². The van der Waals surface area contributed by atoms with Gasteiger partial charge in [0.25, 0.3) is 5.91 Å². The van der Waals surface area contributed by atoms with Crippen molar-refractivity contribution in [1.82, 2.24) is 4.98 Å². The highest BCUT2D eigenvalue weighted by molar-refractivity contribution is 6.07. The number of pyridine rings is 1. The molecule has 31 heavy (non-hydrogen) atoms. The fourth-order valence-corrected chi connectivity index (χ4v) is 3.50. The number of hydrogen-bond acceptors (Lipinski definition) is 6. The Labute approximate surface area is 178 Å². The van der Waals surface area contributed by atoms with E-state index in [2.05, 4.69) is 10.3 Å². The number of nitrogens with one attached hydrogen (secondary N) is 1. The van der Waals surface area contributed by atoms with Crippen LogP contribution in [0.4, 0.5) is 5.69 Å². The molecule has 0 fully saturated rings. The number of aryl methyl sites for hydroxylation is 1. The van der Waals surface area contributed by atoms with Crippen LogP contribution in [0.15, 0.2) is 54.2 Å². The van der Waals surface area contributed by atoms with Crippen LogP contribution in [0.1, 0.15) is 31.4 Å². The predicted octanol–water partition coefficient (Wildman–Crippen LogP) is 4.05. The molecule has 0 bridgehead atoms. The molecule has 0 saturated carbocycles. The molecular weight excluding hydrogens is 396 g/mol. The van der Waals surface area contributed by atoms with Crippen LogP contribution in [-0.2, 0) is 20.8 Å². The average molecular weight is 416 g/mol. The second kappa shape index (κ2) is 8.39. The van der Waals surface area contributed by atoms with E-state index in [1.54, 1.807) is 24.4 Å². The number of carbonyl (C=O) groups is 3. The van der Waals surface area contributed by atoms with Gasteiger partial charge in [0, 0.05) is 24.8 Å². The van der Waals surface area contributed by atoms with Gasteiger partial charge in [-0.1, -0.05) is 18.2 Å². The molecule has 0 aliphatic heterocycles. The minimum Gasteiger partial charge on any atom is -0.423 e. The van der Waals surface area contributed by atoms with E-state index in [0.717, 1.165) is 22.0 Å². The topological polar surface area (TPSA) is 94.6 Å². The number of fused-ring (bicyclic) bond motifs is 2. The van der Waals surface area contributed by atoms with Crippen molar-refractivity contribution in [2.45, 2.75) is 26.7 Å². The molecule has 0 radical (unpaired) electrons. The molecule has 4 rings (SSSR count). The Hall–Kier alpha value is -4.00. The van der Waals surface area contributed by atoms with E-state index in [1.807, 2.05) is 30.3 Å². The van der Waals surface area contributed by atoms with E-state index in [-0.39, 0.29) is 17.4 Å². The maximum atomic E-state index is 12.8. The largest absolute Gasteiger partial charge is 0.423 e. The zero-order valence-electron chi connectivity index (χ0n) is 17.1. The van der Waals surface area contributed by atoms with Crippen molar-refractivity contribution in [3.05, 3.63) is 65.4 Å². The molecule has 0 atom stereocenters. The zero-order valence-corrected chi connectivity index (χ0v) is 17.1. The van der Waals surface area contributed by atoms with Gasteiger partial charge in [-0.2, -0.15) is 0 Å². The number of hydrogen-bond donors (Lipinski definition) is 1. The summed E-state index contributed by atoms with van der Waals surface area (Å²) in [6, 6.07) is 12.8. The van der Waals surface area contributed by atoms with Crippen LogP contribution < -0.4 is 14.8 Å². The number of rotatable bonds is 4. The molecule has 1 aliphatic carbocycles. The third kappa shape index (κ3) is 4.61. The Morgan fingerprint density at radius 3 is 2.39 bits per heavy atom. The fraction of sp³-hybridized carbons (Fsp3) is 0.167. The number of nitrogens with zero attached hydrogens (tertiary/aromatic N) is 1. The van der Waals surface area contributed by atoms with Crippen molar-refractivity contribution in [1.29, 1.82) is 0 Å². The van der Waals surface area contributed by atoms with Gasteiger partial charge in [0.1, 0.15) is 0 Å². The number of para-hydroxylation sites is 1. The third-order valence-corrected chi connectivity index (χ3v) is 4.85.